The van der Waals surface area contributed by atoms with Gasteiger partial charge in [0.2, 0.25) is 0 Å². The molecule has 2 aromatic carbocycles. The number of allylic oxidation sites excluding steroid dienone is 1. The molecule has 0 bridgehead atoms. The third kappa shape index (κ3) is 2.78. The van der Waals surface area contributed by atoms with Crippen molar-refractivity contribution in [1.29, 1.82) is 0 Å². The molecule has 0 aliphatic carbocycles. The van der Waals surface area contributed by atoms with Crippen LogP contribution in [-0.4, -0.2) is 26.2 Å². The minimum Gasteiger partial charge on any atom is -0.497 e. The third-order valence-electron chi connectivity index (χ3n) is 4.08. The largest absolute Gasteiger partial charge is 0.497 e. The van der Waals surface area contributed by atoms with Gasteiger partial charge in [-0.2, -0.15) is 0 Å². The Kier molecular flexibility index (Phi) is 4.12. The molecule has 1 aliphatic heterocycles. The van der Waals surface area contributed by atoms with Gasteiger partial charge in [0.05, 0.1) is 25.8 Å². The molecule has 0 aromatic heterocycles. The Hall–Kier alpha value is -3.02. The Morgan fingerprint density at radius 1 is 1.08 bits per heavy atom. The lowest BCUT2D eigenvalue weighted by molar-refractivity contribution is -0.136. The van der Waals surface area contributed by atoms with E-state index in [1.807, 2.05) is 36.4 Å². The first-order chi connectivity index (χ1) is 11.5. The van der Waals surface area contributed by atoms with Crippen LogP contribution >= 0.6 is 0 Å². The number of rotatable bonds is 3. The zero-order valence-corrected chi connectivity index (χ0v) is 13.7. The summed E-state index contributed by atoms with van der Waals surface area (Å²) in [7, 11) is 2.94. The molecule has 124 valence electrons. The van der Waals surface area contributed by atoms with E-state index in [1.54, 1.807) is 14.0 Å². The Labute approximate surface area is 139 Å². The van der Waals surface area contributed by atoms with Crippen LogP contribution in [0.5, 0.6) is 5.75 Å². The lowest BCUT2D eigenvalue weighted by Gasteiger charge is -2.28. The second-order valence-electron chi connectivity index (χ2n) is 5.53. The molecule has 1 aliphatic rings. The minimum atomic E-state index is -0.558. The van der Waals surface area contributed by atoms with E-state index in [0.29, 0.717) is 11.3 Å². The first-order valence-corrected chi connectivity index (χ1v) is 7.48. The van der Waals surface area contributed by atoms with Crippen molar-refractivity contribution in [2.75, 3.05) is 14.2 Å². The topological polar surface area (TPSA) is 76.7 Å². The zero-order valence-electron chi connectivity index (χ0n) is 13.7. The molecule has 2 amide bonds. The number of benzene rings is 2. The lowest BCUT2D eigenvalue weighted by atomic mass is 9.93. The van der Waals surface area contributed by atoms with E-state index in [1.165, 1.54) is 7.11 Å². The molecule has 0 saturated carbocycles. The van der Waals surface area contributed by atoms with E-state index in [-0.39, 0.29) is 6.03 Å². The SMILES string of the molecule is COC(=O)C1=C(C)NC(=O)N[C@H]1c1ccc2cc(OC)ccc2c1. The predicted octanol–water partition coefficient (Wildman–Crippen LogP) is 2.65. The van der Waals surface area contributed by atoms with Crippen LogP contribution in [0.25, 0.3) is 10.8 Å². The number of carbonyl (C=O) groups is 2. The third-order valence-corrected chi connectivity index (χ3v) is 4.08. The quantitative estimate of drug-likeness (QED) is 0.850. The summed E-state index contributed by atoms with van der Waals surface area (Å²) in [6, 6.07) is 10.6. The number of esters is 1. The normalized spacial score (nSPS) is 17.3. The average Bonchev–Trinajstić information content (AvgIpc) is 2.59. The number of hydrogen-bond acceptors (Lipinski definition) is 4. The van der Waals surface area contributed by atoms with Crippen LogP contribution in [-0.2, 0) is 9.53 Å². The van der Waals surface area contributed by atoms with Gasteiger partial charge in [-0.1, -0.05) is 18.2 Å². The van der Waals surface area contributed by atoms with Crippen molar-refractivity contribution in [3.63, 3.8) is 0 Å². The highest BCUT2D eigenvalue weighted by Gasteiger charge is 2.31. The molecule has 2 aromatic rings. The maximum atomic E-state index is 12.1. The Morgan fingerprint density at radius 3 is 2.50 bits per heavy atom. The van der Waals surface area contributed by atoms with E-state index < -0.39 is 12.0 Å². The van der Waals surface area contributed by atoms with Crippen LogP contribution in [0.1, 0.15) is 18.5 Å². The summed E-state index contributed by atoms with van der Waals surface area (Å²) in [5.41, 5.74) is 1.69. The number of ether oxygens (including phenoxy) is 2. The molecular weight excluding hydrogens is 308 g/mol. The van der Waals surface area contributed by atoms with Gasteiger partial charge < -0.3 is 20.1 Å². The number of fused-ring (bicyclic) bond motifs is 1. The van der Waals surface area contributed by atoms with Gasteiger partial charge in [-0.05, 0) is 41.5 Å². The number of amides is 2. The summed E-state index contributed by atoms with van der Waals surface area (Å²) in [6.45, 7) is 1.68. The fourth-order valence-electron chi connectivity index (χ4n) is 2.87. The van der Waals surface area contributed by atoms with Crippen LogP contribution in [0.2, 0.25) is 0 Å². The molecule has 0 radical (unpaired) electrons. The van der Waals surface area contributed by atoms with Gasteiger partial charge in [-0.25, -0.2) is 9.59 Å². The van der Waals surface area contributed by atoms with Crippen molar-refractivity contribution in [2.45, 2.75) is 13.0 Å². The smallest absolute Gasteiger partial charge is 0.337 e. The molecular formula is C18H18N2O4. The minimum absolute atomic E-state index is 0.347. The fourth-order valence-corrected chi connectivity index (χ4v) is 2.87. The summed E-state index contributed by atoms with van der Waals surface area (Å²) < 4.78 is 10.1. The number of nitrogens with one attached hydrogen (secondary N) is 2. The monoisotopic (exact) mass is 326 g/mol. The number of hydrogen-bond donors (Lipinski definition) is 2. The lowest BCUT2D eigenvalue weighted by Crippen LogP contribution is -2.45. The van der Waals surface area contributed by atoms with Gasteiger partial charge in [0, 0.05) is 5.70 Å². The van der Waals surface area contributed by atoms with E-state index in [9.17, 15) is 9.59 Å². The maximum Gasteiger partial charge on any atom is 0.337 e. The highest BCUT2D eigenvalue weighted by molar-refractivity contribution is 5.95. The second-order valence-corrected chi connectivity index (χ2v) is 5.53. The maximum absolute atomic E-state index is 12.1. The van der Waals surface area contributed by atoms with Gasteiger partial charge in [-0.3, -0.25) is 0 Å². The van der Waals surface area contributed by atoms with Crippen molar-refractivity contribution in [2.24, 2.45) is 0 Å². The van der Waals surface area contributed by atoms with Crippen LogP contribution in [0.3, 0.4) is 0 Å². The molecule has 1 atom stereocenters. The summed E-state index contributed by atoms with van der Waals surface area (Å²) >= 11 is 0. The Bertz CT molecular complexity index is 857. The van der Waals surface area contributed by atoms with Crippen LogP contribution in [0, 0.1) is 0 Å². The van der Waals surface area contributed by atoms with Gasteiger partial charge in [0.25, 0.3) is 0 Å². The summed E-state index contributed by atoms with van der Waals surface area (Å²) in [6.07, 6.45) is 0. The van der Waals surface area contributed by atoms with Crippen molar-refractivity contribution in [1.82, 2.24) is 10.6 Å². The molecule has 3 rings (SSSR count). The highest BCUT2D eigenvalue weighted by Crippen LogP contribution is 2.30. The van der Waals surface area contributed by atoms with Crippen molar-refractivity contribution < 1.29 is 19.1 Å². The molecule has 0 fully saturated rings. The summed E-state index contributed by atoms with van der Waals surface area (Å²) in [5.74, 6) is 0.302. The number of urea groups is 1. The first-order valence-electron chi connectivity index (χ1n) is 7.48. The van der Waals surface area contributed by atoms with E-state index in [2.05, 4.69) is 10.6 Å². The average molecular weight is 326 g/mol. The molecule has 6 heteroatoms. The van der Waals surface area contributed by atoms with Crippen LogP contribution in [0.15, 0.2) is 47.7 Å². The standard InChI is InChI=1S/C18H18N2O4/c1-10-15(17(21)24-3)16(20-18(22)19-10)13-5-4-12-9-14(23-2)7-6-11(12)8-13/h4-9,16H,1-3H3,(H2,19,20,22)/t16-/m0/s1. The van der Waals surface area contributed by atoms with E-state index >= 15 is 0 Å². The Balaban J connectivity index is 2.08. The molecule has 24 heavy (non-hydrogen) atoms. The summed E-state index contributed by atoms with van der Waals surface area (Å²) in [5, 5.41) is 7.39. The molecule has 0 saturated heterocycles. The molecule has 6 nitrogen and oxygen atoms in total. The molecule has 0 spiro atoms. The van der Waals surface area contributed by atoms with Gasteiger partial charge in [0.15, 0.2) is 0 Å². The van der Waals surface area contributed by atoms with Crippen molar-refractivity contribution >= 4 is 22.8 Å². The van der Waals surface area contributed by atoms with Crippen LogP contribution in [0.4, 0.5) is 4.79 Å². The van der Waals surface area contributed by atoms with E-state index in [0.717, 1.165) is 22.1 Å². The summed E-state index contributed by atoms with van der Waals surface area (Å²) in [4.78, 5) is 24.0. The fraction of sp³-hybridized carbons (Fsp3) is 0.222. The van der Waals surface area contributed by atoms with Gasteiger partial charge >= 0.3 is 12.0 Å². The first kappa shape index (κ1) is 15.9. The number of methoxy groups -OCH3 is 2. The Morgan fingerprint density at radius 2 is 1.79 bits per heavy atom. The van der Waals surface area contributed by atoms with E-state index in [4.69, 9.17) is 9.47 Å². The molecule has 1 heterocycles. The molecule has 2 N–H and O–H groups in total. The number of carbonyl (C=O) groups excluding carboxylic acids is 2. The van der Waals surface area contributed by atoms with Crippen LogP contribution < -0.4 is 15.4 Å². The van der Waals surface area contributed by atoms with Crippen molar-refractivity contribution in [3.05, 3.63) is 53.2 Å². The van der Waals surface area contributed by atoms with Gasteiger partial charge in [0.1, 0.15) is 5.75 Å². The molecule has 0 unspecified atom stereocenters. The predicted molar refractivity (Wildman–Crippen MR) is 89.6 cm³/mol. The zero-order chi connectivity index (χ0) is 17.3. The van der Waals surface area contributed by atoms with Gasteiger partial charge in [-0.15, -0.1) is 0 Å². The van der Waals surface area contributed by atoms with Crippen molar-refractivity contribution in [3.8, 4) is 5.75 Å². The second kappa shape index (κ2) is 6.23. The highest BCUT2D eigenvalue weighted by atomic mass is 16.5.